The SMILES string of the molecule is COCCNCC(=O)NCCC(CCC(=O)O)C(C)C. The Bertz CT molecular complexity index is 282. The molecule has 1 atom stereocenters. The molecule has 0 fully saturated rings. The van der Waals surface area contributed by atoms with E-state index < -0.39 is 5.97 Å². The molecule has 0 bridgehead atoms. The second kappa shape index (κ2) is 11.7. The molecule has 0 aromatic rings. The van der Waals surface area contributed by atoms with Crippen LogP contribution < -0.4 is 10.6 Å². The quantitative estimate of drug-likeness (QED) is 0.464. The van der Waals surface area contributed by atoms with Gasteiger partial charge in [0.05, 0.1) is 13.2 Å². The Morgan fingerprint density at radius 2 is 1.90 bits per heavy atom. The van der Waals surface area contributed by atoms with Crippen molar-refractivity contribution in [2.45, 2.75) is 33.1 Å². The molecule has 0 heterocycles. The Morgan fingerprint density at radius 3 is 2.45 bits per heavy atom. The number of amides is 1. The zero-order valence-electron chi connectivity index (χ0n) is 12.8. The van der Waals surface area contributed by atoms with E-state index in [1.165, 1.54) is 0 Å². The van der Waals surface area contributed by atoms with Crippen LogP contribution in [0.3, 0.4) is 0 Å². The van der Waals surface area contributed by atoms with Crippen LogP contribution >= 0.6 is 0 Å². The number of hydrogen-bond acceptors (Lipinski definition) is 4. The van der Waals surface area contributed by atoms with Crippen LogP contribution in [0.5, 0.6) is 0 Å². The molecule has 0 aliphatic heterocycles. The molecule has 0 aromatic heterocycles. The largest absolute Gasteiger partial charge is 0.481 e. The van der Waals surface area contributed by atoms with Crippen LogP contribution in [0.4, 0.5) is 0 Å². The molecule has 1 unspecified atom stereocenters. The number of hydrogen-bond donors (Lipinski definition) is 3. The molecule has 0 spiro atoms. The molecule has 1 amide bonds. The van der Waals surface area contributed by atoms with E-state index >= 15 is 0 Å². The molecular weight excluding hydrogens is 260 g/mol. The molecule has 20 heavy (non-hydrogen) atoms. The lowest BCUT2D eigenvalue weighted by molar-refractivity contribution is -0.137. The molecular formula is C14H28N2O4. The average molecular weight is 288 g/mol. The van der Waals surface area contributed by atoms with Crippen molar-refractivity contribution < 1.29 is 19.4 Å². The van der Waals surface area contributed by atoms with Crippen LogP contribution in [0.2, 0.25) is 0 Å². The third-order valence-electron chi connectivity index (χ3n) is 3.28. The number of carbonyl (C=O) groups is 2. The van der Waals surface area contributed by atoms with Crippen LogP contribution in [0.25, 0.3) is 0 Å². The maximum absolute atomic E-state index is 11.5. The number of nitrogens with one attached hydrogen (secondary N) is 2. The van der Waals surface area contributed by atoms with Gasteiger partial charge in [-0.15, -0.1) is 0 Å². The van der Waals surface area contributed by atoms with Gasteiger partial charge in [0.1, 0.15) is 0 Å². The molecule has 3 N–H and O–H groups in total. The predicted molar refractivity (Wildman–Crippen MR) is 77.6 cm³/mol. The Balaban J connectivity index is 3.76. The standard InChI is InChI=1S/C14H28N2O4/c1-11(2)12(4-5-14(18)19)6-7-16-13(17)10-15-8-9-20-3/h11-12,15H,4-10H2,1-3H3,(H,16,17)(H,18,19). The maximum atomic E-state index is 11.5. The number of carboxylic acid groups (broad SMARTS) is 1. The van der Waals surface area contributed by atoms with Crippen LogP contribution in [-0.4, -0.2) is 50.3 Å². The van der Waals surface area contributed by atoms with Crippen molar-refractivity contribution >= 4 is 11.9 Å². The lowest BCUT2D eigenvalue weighted by atomic mass is 9.88. The fourth-order valence-corrected chi connectivity index (χ4v) is 1.96. The molecule has 0 saturated heterocycles. The van der Waals surface area contributed by atoms with E-state index in [0.29, 0.717) is 38.0 Å². The minimum Gasteiger partial charge on any atom is -0.481 e. The first kappa shape index (κ1) is 18.9. The molecule has 0 rings (SSSR count). The van der Waals surface area contributed by atoms with Gasteiger partial charge in [0.2, 0.25) is 5.91 Å². The first-order valence-electron chi connectivity index (χ1n) is 7.15. The Hall–Kier alpha value is -1.14. The highest BCUT2D eigenvalue weighted by Crippen LogP contribution is 2.20. The minimum absolute atomic E-state index is 0.0400. The van der Waals surface area contributed by atoms with Gasteiger partial charge in [-0.25, -0.2) is 0 Å². The lowest BCUT2D eigenvalue weighted by Gasteiger charge is -2.20. The van der Waals surface area contributed by atoms with Gasteiger partial charge in [-0.1, -0.05) is 13.8 Å². The van der Waals surface area contributed by atoms with Gasteiger partial charge >= 0.3 is 5.97 Å². The second-order valence-corrected chi connectivity index (χ2v) is 5.24. The summed E-state index contributed by atoms with van der Waals surface area (Å²) in [6.07, 6.45) is 1.67. The summed E-state index contributed by atoms with van der Waals surface area (Å²) in [7, 11) is 1.62. The first-order chi connectivity index (χ1) is 9.47. The Labute approximate surface area is 121 Å². The van der Waals surface area contributed by atoms with E-state index in [9.17, 15) is 9.59 Å². The number of methoxy groups -OCH3 is 1. The van der Waals surface area contributed by atoms with Gasteiger partial charge in [0, 0.05) is 26.6 Å². The molecule has 0 saturated carbocycles. The summed E-state index contributed by atoms with van der Waals surface area (Å²) >= 11 is 0. The molecule has 0 aliphatic carbocycles. The fraction of sp³-hybridized carbons (Fsp3) is 0.857. The van der Waals surface area contributed by atoms with Crippen molar-refractivity contribution in [1.82, 2.24) is 10.6 Å². The van der Waals surface area contributed by atoms with Gasteiger partial charge < -0.3 is 20.5 Å². The Morgan fingerprint density at radius 1 is 1.20 bits per heavy atom. The van der Waals surface area contributed by atoms with E-state index in [1.54, 1.807) is 7.11 Å². The van der Waals surface area contributed by atoms with Gasteiger partial charge in [0.15, 0.2) is 0 Å². The normalized spacial score (nSPS) is 12.4. The van der Waals surface area contributed by atoms with Crippen molar-refractivity contribution in [3.8, 4) is 0 Å². The van der Waals surface area contributed by atoms with Crippen molar-refractivity contribution in [3.05, 3.63) is 0 Å². The molecule has 0 aromatic carbocycles. The highest BCUT2D eigenvalue weighted by atomic mass is 16.5. The number of carbonyl (C=O) groups excluding carboxylic acids is 1. The summed E-state index contributed by atoms with van der Waals surface area (Å²) < 4.78 is 4.87. The fourth-order valence-electron chi connectivity index (χ4n) is 1.96. The van der Waals surface area contributed by atoms with E-state index in [-0.39, 0.29) is 18.9 Å². The highest BCUT2D eigenvalue weighted by Gasteiger charge is 2.15. The number of carboxylic acids is 1. The first-order valence-corrected chi connectivity index (χ1v) is 7.15. The topological polar surface area (TPSA) is 87.7 Å². The summed E-state index contributed by atoms with van der Waals surface area (Å²) in [5.41, 5.74) is 0. The van der Waals surface area contributed by atoms with Crippen LogP contribution in [-0.2, 0) is 14.3 Å². The van der Waals surface area contributed by atoms with Crippen molar-refractivity contribution in [1.29, 1.82) is 0 Å². The molecule has 0 radical (unpaired) electrons. The van der Waals surface area contributed by atoms with Crippen LogP contribution in [0.1, 0.15) is 33.1 Å². The summed E-state index contributed by atoms with van der Waals surface area (Å²) in [5.74, 6) is -0.0530. The van der Waals surface area contributed by atoms with Gasteiger partial charge in [-0.3, -0.25) is 9.59 Å². The van der Waals surface area contributed by atoms with E-state index in [1.807, 2.05) is 0 Å². The third-order valence-corrected chi connectivity index (χ3v) is 3.28. The van der Waals surface area contributed by atoms with Gasteiger partial charge in [0.25, 0.3) is 0 Å². The smallest absolute Gasteiger partial charge is 0.303 e. The molecule has 118 valence electrons. The maximum Gasteiger partial charge on any atom is 0.303 e. The number of rotatable bonds is 12. The van der Waals surface area contributed by atoms with Crippen LogP contribution in [0.15, 0.2) is 0 Å². The predicted octanol–water partition coefficient (Wildman–Crippen LogP) is 0.866. The molecule has 6 heteroatoms. The number of aliphatic carboxylic acids is 1. The number of ether oxygens (including phenoxy) is 1. The summed E-state index contributed by atoms with van der Waals surface area (Å²) in [4.78, 5) is 22.1. The molecule has 0 aliphatic rings. The van der Waals surface area contributed by atoms with E-state index in [2.05, 4.69) is 24.5 Å². The van der Waals surface area contributed by atoms with Gasteiger partial charge in [-0.2, -0.15) is 0 Å². The zero-order chi connectivity index (χ0) is 15.4. The third kappa shape index (κ3) is 10.8. The molecule has 6 nitrogen and oxygen atoms in total. The monoisotopic (exact) mass is 288 g/mol. The van der Waals surface area contributed by atoms with Gasteiger partial charge in [-0.05, 0) is 24.7 Å². The summed E-state index contributed by atoms with van der Waals surface area (Å²) in [6, 6.07) is 0. The zero-order valence-corrected chi connectivity index (χ0v) is 12.8. The summed E-state index contributed by atoms with van der Waals surface area (Å²) in [6.45, 7) is 6.27. The highest BCUT2D eigenvalue weighted by molar-refractivity contribution is 5.77. The van der Waals surface area contributed by atoms with Crippen LogP contribution in [0, 0.1) is 11.8 Å². The lowest BCUT2D eigenvalue weighted by Crippen LogP contribution is -2.36. The summed E-state index contributed by atoms with van der Waals surface area (Å²) in [5, 5.41) is 14.5. The van der Waals surface area contributed by atoms with E-state index in [4.69, 9.17) is 9.84 Å². The second-order valence-electron chi connectivity index (χ2n) is 5.24. The Kier molecular flexibility index (Phi) is 11.0. The average Bonchev–Trinajstić information content (AvgIpc) is 2.38. The van der Waals surface area contributed by atoms with Crippen molar-refractivity contribution in [2.75, 3.05) is 33.4 Å². The van der Waals surface area contributed by atoms with E-state index in [0.717, 1.165) is 6.42 Å². The minimum atomic E-state index is -0.762. The van der Waals surface area contributed by atoms with Crippen molar-refractivity contribution in [3.63, 3.8) is 0 Å². The van der Waals surface area contributed by atoms with Crippen molar-refractivity contribution in [2.24, 2.45) is 11.8 Å².